The molecule has 21 heavy (non-hydrogen) atoms. The Morgan fingerprint density at radius 1 is 1.29 bits per heavy atom. The molecule has 1 atom stereocenters. The number of halogens is 4. The first-order valence-electron chi connectivity index (χ1n) is 6.17. The standard InChI is InChI=1S/C15H9BrCl2FNO/c16-10-2-1-7(4-12(10)19)15(18)9-3-8-5-14(21)20-13(8)6-11(9)17/h1-4,6,15H,5H2,(H,20,21). The number of alkyl halides is 1. The van der Waals surface area contributed by atoms with Crippen LogP contribution in [0.1, 0.15) is 22.1 Å². The molecule has 0 radical (unpaired) electrons. The third-order valence-corrected chi connectivity index (χ3v) is 4.81. The van der Waals surface area contributed by atoms with Crippen molar-refractivity contribution in [3.8, 4) is 0 Å². The van der Waals surface area contributed by atoms with Crippen LogP contribution < -0.4 is 5.32 Å². The van der Waals surface area contributed by atoms with E-state index in [0.717, 1.165) is 5.56 Å². The lowest BCUT2D eigenvalue weighted by molar-refractivity contribution is -0.115. The van der Waals surface area contributed by atoms with Gasteiger partial charge >= 0.3 is 0 Å². The highest BCUT2D eigenvalue weighted by Gasteiger charge is 2.23. The number of rotatable bonds is 2. The first-order chi connectivity index (χ1) is 9.95. The number of carbonyl (C=O) groups is 1. The van der Waals surface area contributed by atoms with E-state index in [0.29, 0.717) is 32.7 Å². The fourth-order valence-corrected chi connectivity index (χ4v) is 3.20. The molecule has 1 aliphatic rings. The Balaban J connectivity index is 2.02. The van der Waals surface area contributed by atoms with Gasteiger partial charge in [-0.1, -0.05) is 17.7 Å². The number of nitrogens with one attached hydrogen (secondary N) is 1. The molecule has 0 saturated carbocycles. The summed E-state index contributed by atoms with van der Waals surface area (Å²) in [5.74, 6) is -0.452. The minimum atomic E-state index is -0.582. The van der Waals surface area contributed by atoms with Crippen LogP contribution in [-0.4, -0.2) is 5.91 Å². The van der Waals surface area contributed by atoms with Crippen LogP contribution in [0.4, 0.5) is 10.1 Å². The summed E-state index contributed by atoms with van der Waals surface area (Å²) in [6, 6.07) is 8.19. The van der Waals surface area contributed by atoms with Crippen molar-refractivity contribution in [3.63, 3.8) is 0 Å². The SMILES string of the molecule is O=C1Cc2cc(C(Cl)c3ccc(Br)c(F)c3)c(Cl)cc2N1. The highest BCUT2D eigenvalue weighted by Crippen LogP contribution is 2.38. The Kier molecular flexibility index (Phi) is 3.95. The van der Waals surface area contributed by atoms with E-state index in [4.69, 9.17) is 23.2 Å². The maximum Gasteiger partial charge on any atom is 0.228 e. The summed E-state index contributed by atoms with van der Waals surface area (Å²) < 4.78 is 14.0. The van der Waals surface area contributed by atoms with Crippen LogP contribution in [0.5, 0.6) is 0 Å². The van der Waals surface area contributed by atoms with Gasteiger partial charge in [-0.2, -0.15) is 0 Å². The van der Waals surface area contributed by atoms with Crippen molar-refractivity contribution < 1.29 is 9.18 Å². The minimum Gasteiger partial charge on any atom is -0.325 e. The highest BCUT2D eigenvalue weighted by molar-refractivity contribution is 9.10. The van der Waals surface area contributed by atoms with Crippen LogP contribution in [0.25, 0.3) is 0 Å². The van der Waals surface area contributed by atoms with Crippen molar-refractivity contribution in [1.82, 2.24) is 0 Å². The quantitative estimate of drug-likeness (QED) is 0.715. The molecule has 0 aromatic heterocycles. The molecule has 0 aliphatic carbocycles. The fourth-order valence-electron chi connectivity index (χ4n) is 2.31. The lowest BCUT2D eigenvalue weighted by Crippen LogP contribution is -2.03. The van der Waals surface area contributed by atoms with Gasteiger partial charge in [-0.15, -0.1) is 11.6 Å². The van der Waals surface area contributed by atoms with Crippen molar-refractivity contribution in [2.24, 2.45) is 0 Å². The molecule has 1 unspecified atom stereocenters. The zero-order valence-electron chi connectivity index (χ0n) is 10.6. The van der Waals surface area contributed by atoms with E-state index < -0.39 is 5.38 Å². The van der Waals surface area contributed by atoms with Crippen molar-refractivity contribution in [1.29, 1.82) is 0 Å². The van der Waals surface area contributed by atoms with Crippen LogP contribution in [-0.2, 0) is 11.2 Å². The number of amides is 1. The minimum absolute atomic E-state index is 0.0703. The van der Waals surface area contributed by atoms with Gasteiger partial charge in [0.25, 0.3) is 0 Å². The summed E-state index contributed by atoms with van der Waals surface area (Å²) in [6.45, 7) is 0. The van der Waals surface area contributed by atoms with Crippen LogP contribution in [0, 0.1) is 5.82 Å². The first kappa shape index (κ1) is 14.8. The second kappa shape index (κ2) is 5.59. The van der Waals surface area contributed by atoms with Crippen LogP contribution in [0.2, 0.25) is 5.02 Å². The molecule has 2 nitrogen and oxygen atoms in total. The summed E-state index contributed by atoms with van der Waals surface area (Å²) in [5, 5.41) is 2.59. The monoisotopic (exact) mass is 387 g/mol. The number of hydrogen-bond acceptors (Lipinski definition) is 1. The number of hydrogen-bond donors (Lipinski definition) is 1. The maximum absolute atomic E-state index is 13.6. The molecule has 108 valence electrons. The topological polar surface area (TPSA) is 29.1 Å². The largest absolute Gasteiger partial charge is 0.325 e. The van der Waals surface area contributed by atoms with E-state index in [1.165, 1.54) is 6.07 Å². The Morgan fingerprint density at radius 3 is 2.76 bits per heavy atom. The summed E-state index contributed by atoms with van der Waals surface area (Å²) in [5.41, 5.74) is 2.83. The summed E-state index contributed by atoms with van der Waals surface area (Å²) in [6.07, 6.45) is 0.303. The normalized spacial score (nSPS) is 14.8. The fraction of sp³-hybridized carbons (Fsp3) is 0.133. The van der Waals surface area contributed by atoms with Gasteiger partial charge in [-0.3, -0.25) is 4.79 Å². The average molecular weight is 389 g/mol. The van der Waals surface area contributed by atoms with Gasteiger partial charge in [-0.05, 0) is 56.9 Å². The first-order valence-corrected chi connectivity index (χ1v) is 7.77. The summed E-state index contributed by atoms with van der Waals surface area (Å²) in [4.78, 5) is 11.4. The Hall–Kier alpha value is -1.10. The zero-order valence-corrected chi connectivity index (χ0v) is 13.7. The number of carbonyl (C=O) groups excluding carboxylic acids is 1. The van der Waals surface area contributed by atoms with E-state index in [1.807, 2.05) is 0 Å². The van der Waals surface area contributed by atoms with Gasteiger partial charge < -0.3 is 5.32 Å². The predicted octanol–water partition coefficient (Wildman–Crippen LogP) is 5.06. The van der Waals surface area contributed by atoms with Gasteiger partial charge in [0.1, 0.15) is 5.82 Å². The number of benzene rings is 2. The Morgan fingerprint density at radius 2 is 2.05 bits per heavy atom. The zero-order chi connectivity index (χ0) is 15.1. The van der Waals surface area contributed by atoms with E-state index in [2.05, 4.69) is 21.2 Å². The molecule has 2 aromatic rings. The summed E-state index contributed by atoms with van der Waals surface area (Å²) in [7, 11) is 0. The molecule has 0 bridgehead atoms. The van der Waals surface area contributed by atoms with Gasteiger partial charge in [0.2, 0.25) is 5.91 Å². The van der Waals surface area contributed by atoms with Crippen LogP contribution in [0.3, 0.4) is 0 Å². The Labute approximate surface area is 139 Å². The van der Waals surface area contributed by atoms with Crippen molar-refractivity contribution >= 4 is 50.7 Å². The van der Waals surface area contributed by atoms with Gasteiger partial charge in [-0.25, -0.2) is 4.39 Å². The van der Waals surface area contributed by atoms with E-state index in [-0.39, 0.29) is 11.7 Å². The molecular formula is C15H9BrCl2FNO. The molecule has 1 N–H and O–H groups in total. The highest BCUT2D eigenvalue weighted by atomic mass is 79.9. The second-order valence-electron chi connectivity index (χ2n) is 4.79. The van der Waals surface area contributed by atoms with Crippen molar-refractivity contribution in [3.05, 3.63) is 62.3 Å². The van der Waals surface area contributed by atoms with Gasteiger partial charge in [0.15, 0.2) is 0 Å². The molecular weight excluding hydrogens is 380 g/mol. The molecule has 1 amide bonds. The molecule has 2 aromatic carbocycles. The van der Waals surface area contributed by atoms with E-state index in [1.54, 1.807) is 24.3 Å². The predicted molar refractivity (Wildman–Crippen MR) is 85.6 cm³/mol. The molecule has 1 heterocycles. The van der Waals surface area contributed by atoms with Crippen LogP contribution in [0.15, 0.2) is 34.8 Å². The van der Waals surface area contributed by atoms with Crippen molar-refractivity contribution in [2.45, 2.75) is 11.8 Å². The summed E-state index contributed by atoms with van der Waals surface area (Å²) >= 11 is 15.8. The van der Waals surface area contributed by atoms with Gasteiger partial charge in [0.05, 0.1) is 16.3 Å². The van der Waals surface area contributed by atoms with Crippen molar-refractivity contribution in [2.75, 3.05) is 5.32 Å². The molecule has 0 saturated heterocycles. The molecule has 0 fully saturated rings. The molecule has 3 rings (SSSR count). The van der Waals surface area contributed by atoms with E-state index >= 15 is 0 Å². The smallest absolute Gasteiger partial charge is 0.228 e. The Bertz CT molecular complexity index is 751. The lowest BCUT2D eigenvalue weighted by Gasteiger charge is -2.14. The van der Waals surface area contributed by atoms with Gasteiger partial charge in [0, 0.05) is 10.7 Å². The third-order valence-electron chi connectivity index (χ3n) is 3.36. The molecule has 0 spiro atoms. The number of fused-ring (bicyclic) bond motifs is 1. The average Bonchev–Trinajstić information content (AvgIpc) is 2.79. The van der Waals surface area contributed by atoms with E-state index in [9.17, 15) is 9.18 Å². The maximum atomic E-state index is 13.6. The lowest BCUT2D eigenvalue weighted by atomic mass is 10.0. The molecule has 1 aliphatic heterocycles. The second-order valence-corrected chi connectivity index (χ2v) is 6.49. The van der Waals surface area contributed by atoms with Crippen LogP contribution >= 0.6 is 39.1 Å². The third kappa shape index (κ3) is 2.80. The molecule has 6 heteroatoms. The number of anilines is 1.